The molecule has 0 atom stereocenters. The fourth-order valence-corrected chi connectivity index (χ4v) is 2.94. The standard InChI is InChI=1S/C14H8ClFN2O2S/c15-7-1-3-10-12(5-7)21-14(17-10)18-13(20)9-6-8(16)2-4-11(9)19/h1-6,19H,(H,17,18,20). The number of aromatic hydroxyl groups is 1. The van der Waals surface area contributed by atoms with Crippen LogP contribution in [0.4, 0.5) is 9.52 Å². The molecule has 3 aromatic rings. The van der Waals surface area contributed by atoms with Crippen LogP contribution in [0.25, 0.3) is 10.2 Å². The SMILES string of the molecule is O=C(Nc1nc2ccc(Cl)cc2s1)c1cc(F)ccc1O. The minimum atomic E-state index is -0.628. The van der Waals surface area contributed by atoms with Crippen LogP contribution >= 0.6 is 22.9 Å². The first-order valence-corrected chi connectivity index (χ1v) is 7.08. The minimum absolute atomic E-state index is 0.146. The summed E-state index contributed by atoms with van der Waals surface area (Å²) in [7, 11) is 0. The van der Waals surface area contributed by atoms with Gasteiger partial charge in [-0.1, -0.05) is 22.9 Å². The number of nitrogens with zero attached hydrogens (tertiary/aromatic N) is 1. The number of carbonyl (C=O) groups excluding carboxylic acids is 1. The monoisotopic (exact) mass is 322 g/mol. The molecule has 0 saturated heterocycles. The van der Waals surface area contributed by atoms with Crippen molar-refractivity contribution < 1.29 is 14.3 Å². The molecule has 0 radical (unpaired) electrons. The van der Waals surface area contributed by atoms with Gasteiger partial charge in [0.05, 0.1) is 15.8 Å². The van der Waals surface area contributed by atoms with E-state index < -0.39 is 11.7 Å². The van der Waals surface area contributed by atoms with Gasteiger partial charge in [-0.05, 0) is 36.4 Å². The number of rotatable bonds is 2. The Morgan fingerprint density at radius 2 is 2.10 bits per heavy atom. The van der Waals surface area contributed by atoms with Gasteiger partial charge in [-0.25, -0.2) is 9.37 Å². The first-order chi connectivity index (χ1) is 10.0. The Bertz CT molecular complexity index is 850. The van der Waals surface area contributed by atoms with Crippen LogP contribution in [0, 0.1) is 5.82 Å². The molecule has 0 unspecified atom stereocenters. The van der Waals surface area contributed by atoms with Crippen molar-refractivity contribution >= 4 is 44.2 Å². The Labute approximate surface area is 127 Å². The summed E-state index contributed by atoms with van der Waals surface area (Å²) in [5.74, 6) is -1.52. The van der Waals surface area contributed by atoms with Gasteiger partial charge >= 0.3 is 0 Å². The minimum Gasteiger partial charge on any atom is -0.507 e. The third-order valence-corrected chi connectivity index (χ3v) is 3.94. The summed E-state index contributed by atoms with van der Waals surface area (Å²) in [5.41, 5.74) is 0.551. The third kappa shape index (κ3) is 2.81. The van der Waals surface area contributed by atoms with Crippen molar-refractivity contribution in [2.75, 3.05) is 5.32 Å². The summed E-state index contributed by atoms with van der Waals surface area (Å²) in [5, 5.41) is 13.1. The second-order valence-electron chi connectivity index (χ2n) is 4.25. The van der Waals surface area contributed by atoms with Gasteiger partial charge < -0.3 is 5.11 Å². The van der Waals surface area contributed by atoms with Crippen molar-refractivity contribution in [2.24, 2.45) is 0 Å². The van der Waals surface area contributed by atoms with Crippen molar-refractivity contribution in [2.45, 2.75) is 0 Å². The van der Waals surface area contributed by atoms with Crippen LogP contribution in [0.3, 0.4) is 0 Å². The molecule has 2 aromatic carbocycles. The molecule has 0 aliphatic heterocycles. The Balaban J connectivity index is 1.90. The lowest BCUT2D eigenvalue weighted by Gasteiger charge is -2.03. The van der Waals surface area contributed by atoms with Gasteiger partial charge in [-0.2, -0.15) is 0 Å². The number of amides is 1. The lowest BCUT2D eigenvalue weighted by atomic mass is 10.2. The number of carbonyl (C=O) groups is 1. The highest BCUT2D eigenvalue weighted by Crippen LogP contribution is 2.29. The van der Waals surface area contributed by atoms with Gasteiger partial charge in [0.1, 0.15) is 11.6 Å². The maximum Gasteiger partial charge on any atom is 0.261 e. The number of benzene rings is 2. The number of hydrogen-bond donors (Lipinski definition) is 2. The molecular weight excluding hydrogens is 315 g/mol. The second kappa shape index (κ2) is 5.31. The molecular formula is C14H8ClFN2O2S. The lowest BCUT2D eigenvalue weighted by Crippen LogP contribution is -2.12. The highest BCUT2D eigenvalue weighted by Gasteiger charge is 2.14. The largest absolute Gasteiger partial charge is 0.507 e. The number of phenols is 1. The maximum atomic E-state index is 13.1. The topological polar surface area (TPSA) is 62.2 Å². The van der Waals surface area contributed by atoms with Gasteiger partial charge in [-0.15, -0.1) is 0 Å². The first kappa shape index (κ1) is 13.8. The van der Waals surface area contributed by atoms with Crippen LogP contribution in [0.2, 0.25) is 5.02 Å². The quantitative estimate of drug-likeness (QED) is 0.748. The van der Waals surface area contributed by atoms with E-state index in [1.165, 1.54) is 11.3 Å². The molecule has 1 heterocycles. The first-order valence-electron chi connectivity index (χ1n) is 5.89. The molecule has 0 aliphatic rings. The maximum absolute atomic E-state index is 13.1. The van der Waals surface area contributed by atoms with Crippen LogP contribution in [0.5, 0.6) is 5.75 Å². The van der Waals surface area contributed by atoms with Crippen LogP contribution < -0.4 is 5.32 Å². The summed E-state index contributed by atoms with van der Waals surface area (Å²) < 4.78 is 14.0. The van der Waals surface area contributed by atoms with E-state index in [2.05, 4.69) is 10.3 Å². The average molecular weight is 323 g/mol. The van der Waals surface area contributed by atoms with Gasteiger partial charge in [0, 0.05) is 5.02 Å². The molecule has 4 nitrogen and oxygen atoms in total. The van der Waals surface area contributed by atoms with Crippen molar-refractivity contribution in [1.29, 1.82) is 0 Å². The number of anilines is 1. The number of hydrogen-bond acceptors (Lipinski definition) is 4. The van der Waals surface area contributed by atoms with Crippen molar-refractivity contribution in [1.82, 2.24) is 4.98 Å². The van der Waals surface area contributed by atoms with E-state index in [4.69, 9.17) is 11.6 Å². The zero-order valence-electron chi connectivity index (χ0n) is 10.4. The molecule has 3 rings (SSSR count). The number of thiazole rings is 1. The molecule has 1 amide bonds. The zero-order valence-corrected chi connectivity index (χ0v) is 12.0. The normalized spacial score (nSPS) is 10.8. The number of nitrogens with one attached hydrogen (secondary N) is 1. The number of phenolic OH excluding ortho intramolecular Hbond substituents is 1. The number of halogens is 2. The van der Waals surface area contributed by atoms with E-state index >= 15 is 0 Å². The molecule has 106 valence electrons. The summed E-state index contributed by atoms with van der Waals surface area (Å²) in [4.78, 5) is 16.3. The molecule has 21 heavy (non-hydrogen) atoms. The Kier molecular flexibility index (Phi) is 3.48. The van der Waals surface area contributed by atoms with E-state index in [1.807, 2.05) is 0 Å². The molecule has 0 bridgehead atoms. The smallest absolute Gasteiger partial charge is 0.261 e. The Morgan fingerprint density at radius 3 is 2.90 bits per heavy atom. The average Bonchev–Trinajstić information content (AvgIpc) is 2.82. The van der Waals surface area contributed by atoms with Crippen LogP contribution in [-0.4, -0.2) is 16.0 Å². The predicted octanol–water partition coefficient (Wildman–Crippen LogP) is 4.05. The van der Waals surface area contributed by atoms with Crippen LogP contribution in [-0.2, 0) is 0 Å². The molecule has 2 N–H and O–H groups in total. The van der Waals surface area contributed by atoms with Crippen LogP contribution in [0.15, 0.2) is 36.4 Å². The third-order valence-electron chi connectivity index (χ3n) is 2.77. The summed E-state index contributed by atoms with van der Waals surface area (Å²) >= 11 is 7.13. The molecule has 0 aliphatic carbocycles. The summed E-state index contributed by atoms with van der Waals surface area (Å²) in [6.07, 6.45) is 0. The molecule has 0 fully saturated rings. The highest BCUT2D eigenvalue weighted by atomic mass is 35.5. The van der Waals surface area contributed by atoms with E-state index in [9.17, 15) is 14.3 Å². The molecule has 1 aromatic heterocycles. The van der Waals surface area contributed by atoms with E-state index in [-0.39, 0.29) is 11.3 Å². The van der Waals surface area contributed by atoms with Gasteiger partial charge in [0.25, 0.3) is 5.91 Å². The summed E-state index contributed by atoms with van der Waals surface area (Å²) in [6.45, 7) is 0. The summed E-state index contributed by atoms with van der Waals surface area (Å²) in [6, 6.07) is 8.35. The zero-order chi connectivity index (χ0) is 15.0. The molecule has 0 saturated carbocycles. The fourth-order valence-electron chi connectivity index (χ4n) is 1.81. The lowest BCUT2D eigenvalue weighted by molar-refractivity contribution is 0.102. The van der Waals surface area contributed by atoms with Gasteiger partial charge in [-0.3, -0.25) is 10.1 Å². The molecule has 7 heteroatoms. The van der Waals surface area contributed by atoms with E-state index in [1.54, 1.807) is 18.2 Å². The Morgan fingerprint density at radius 1 is 1.29 bits per heavy atom. The number of aromatic nitrogens is 1. The second-order valence-corrected chi connectivity index (χ2v) is 5.71. The highest BCUT2D eigenvalue weighted by molar-refractivity contribution is 7.22. The van der Waals surface area contributed by atoms with E-state index in [0.717, 1.165) is 22.9 Å². The fraction of sp³-hybridized carbons (Fsp3) is 0. The van der Waals surface area contributed by atoms with Crippen molar-refractivity contribution in [3.8, 4) is 5.75 Å². The molecule has 0 spiro atoms. The van der Waals surface area contributed by atoms with Crippen molar-refractivity contribution in [3.63, 3.8) is 0 Å². The predicted molar refractivity (Wildman–Crippen MR) is 80.6 cm³/mol. The van der Waals surface area contributed by atoms with Gasteiger partial charge in [0.15, 0.2) is 5.13 Å². The van der Waals surface area contributed by atoms with Crippen LogP contribution in [0.1, 0.15) is 10.4 Å². The van der Waals surface area contributed by atoms with E-state index in [0.29, 0.717) is 15.7 Å². The Hall–Kier alpha value is -2.18. The number of fused-ring (bicyclic) bond motifs is 1. The van der Waals surface area contributed by atoms with Crippen molar-refractivity contribution in [3.05, 3.63) is 52.8 Å². The van der Waals surface area contributed by atoms with Gasteiger partial charge in [0.2, 0.25) is 0 Å².